The highest BCUT2D eigenvalue weighted by atomic mass is 16.5. The van der Waals surface area contributed by atoms with Crippen LogP contribution in [-0.4, -0.2) is 41.1 Å². The lowest BCUT2D eigenvalue weighted by Crippen LogP contribution is -2.53. The SMILES string of the molecule is CNC(=O)C(NC(=O)c1nc(-c2ccccc2)n2c1COCC2)C(C)(C)C. The molecule has 7 nitrogen and oxygen atoms in total. The molecular formula is C20H26N4O3. The summed E-state index contributed by atoms with van der Waals surface area (Å²) < 4.78 is 7.58. The van der Waals surface area contributed by atoms with E-state index in [4.69, 9.17) is 4.74 Å². The van der Waals surface area contributed by atoms with Crippen LogP contribution in [-0.2, 0) is 22.7 Å². The second-order valence-electron chi connectivity index (χ2n) is 7.69. The average Bonchev–Trinajstić information content (AvgIpc) is 3.05. The van der Waals surface area contributed by atoms with E-state index in [9.17, 15) is 9.59 Å². The van der Waals surface area contributed by atoms with Gasteiger partial charge in [-0.1, -0.05) is 51.1 Å². The van der Waals surface area contributed by atoms with Gasteiger partial charge in [0.25, 0.3) is 5.91 Å². The highest BCUT2D eigenvalue weighted by molar-refractivity contribution is 5.97. The molecule has 1 unspecified atom stereocenters. The van der Waals surface area contributed by atoms with Gasteiger partial charge >= 0.3 is 0 Å². The Labute approximate surface area is 159 Å². The Bertz CT molecular complexity index is 837. The highest BCUT2D eigenvalue weighted by Gasteiger charge is 2.34. The van der Waals surface area contributed by atoms with Crippen LogP contribution in [0.3, 0.4) is 0 Å². The first-order valence-corrected chi connectivity index (χ1v) is 9.08. The van der Waals surface area contributed by atoms with Crippen molar-refractivity contribution in [2.75, 3.05) is 13.7 Å². The van der Waals surface area contributed by atoms with E-state index < -0.39 is 11.5 Å². The minimum Gasteiger partial charge on any atom is -0.373 e. The van der Waals surface area contributed by atoms with Crippen LogP contribution < -0.4 is 10.6 Å². The van der Waals surface area contributed by atoms with Gasteiger partial charge in [0.15, 0.2) is 5.69 Å². The van der Waals surface area contributed by atoms with E-state index >= 15 is 0 Å². The summed E-state index contributed by atoms with van der Waals surface area (Å²) in [4.78, 5) is 29.9. The van der Waals surface area contributed by atoms with Crippen molar-refractivity contribution in [1.82, 2.24) is 20.2 Å². The predicted molar refractivity (Wildman–Crippen MR) is 102 cm³/mol. The van der Waals surface area contributed by atoms with Gasteiger partial charge < -0.3 is 19.9 Å². The lowest BCUT2D eigenvalue weighted by molar-refractivity contribution is -0.124. The van der Waals surface area contributed by atoms with Crippen LogP contribution in [0, 0.1) is 5.41 Å². The van der Waals surface area contributed by atoms with E-state index in [1.54, 1.807) is 7.05 Å². The zero-order valence-corrected chi connectivity index (χ0v) is 16.2. The monoisotopic (exact) mass is 370 g/mol. The molecule has 2 N–H and O–H groups in total. The molecule has 2 aromatic rings. The number of nitrogens with one attached hydrogen (secondary N) is 2. The molecule has 7 heteroatoms. The number of amides is 2. The number of hydrogen-bond acceptors (Lipinski definition) is 4. The Morgan fingerprint density at radius 1 is 1.22 bits per heavy atom. The molecule has 1 aliphatic heterocycles. The molecule has 1 aromatic heterocycles. The van der Waals surface area contributed by atoms with Crippen molar-refractivity contribution in [2.45, 2.75) is 40.0 Å². The smallest absolute Gasteiger partial charge is 0.272 e. The number of likely N-dealkylation sites (N-methyl/N-ethyl adjacent to an activating group) is 1. The number of rotatable bonds is 4. The van der Waals surface area contributed by atoms with Crippen molar-refractivity contribution in [3.8, 4) is 11.4 Å². The summed E-state index contributed by atoms with van der Waals surface area (Å²) in [6.45, 7) is 7.27. The molecule has 27 heavy (non-hydrogen) atoms. The van der Waals surface area contributed by atoms with Crippen LogP contribution in [0.1, 0.15) is 37.0 Å². The van der Waals surface area contributed by atoms with Crippen molar-refractivity contribution in [3.63, 3.8) is 0 Å². The Morgan fingerprint density at radius 2 is 1.93 bits per heavy atom. The maximum atomic E-state index is 13.0. The number of fused-ring (bicyclic) bond motifs is 1. The van der Waals surface area contributed by atoms with Crippen LogP contribution >= 0.6 is 0 Å². The van der Waals surface area contributed by atoms with Gasteiger partial charge in [-0.3, -0.25) is 9.59 Å². The standard InChI is InChI=1S/C20H26N4O3/c1-20(2,3)16(19(26)21-4)23-18(25)15-14-12-27-11-10-24(14)17(22-15)13-8-6-5-7-9-13/h5-9,16H,10-12H2,1-4H3,(H,21,26)(H,23,25). The fraction of sp³-hybridized carbons (Fsp3) is 0.450. The highest BCUT2D eigenvalue weighted by Crippen LogP contribution is 2.26. The Balaban J connectivity index is 1.98. The minimum absolute atomic E-state index is 0.233. The Morgan fingerprint density at radius 3 is 2.56 bits per heavy atom. The van der Waals surface area contributed by atoms with Gasteiger partial charge in [0.2, 0.25) is 5.91 Å². The number of hydrogen-bond donors (Lipinski definition) is 2. The third kappa shape index (κ3) is 3.88. The molecule has 1 aromatic carbocycles. The normalized spacial score (nSPS) is 15.0. The minimum atomic E-state index is -0.669. The van der Waals surface area contributed by atoms with Crippen molar-refractivity contribution in [1.29, 1.82) is 0 Å². The number of ether oxygens (including phenoxy) is 1. The first kappa shape index (κ1) is 19.1. The molecule has 0 bridgehead atoms. The molecule has 0 fully saturated rings. The van der Waals surface area contributed by atoms with Crippen LogP contribution in [0.4, 0.5) is 0 Å². The summed E-state index contributed by atoms with van der Waals surface area (Å²) in [6, 6.07) is 9.09. The molecule has 2 heterocycles. The lowest BCUT2D eigenvalue weighted by Gasteiger charge is -2.29. The summed E-state index contributed by atoms with van der Waals surface area (Å²) in [6.07, 6.45) is 0. The predicted octanol–water partition coefficient (Wildman–Crippen LogP) is 1.97. The first-order chi connectivity index (χ1) is 12.8. The maximum Gasteiger partial charge on any atom is 0.272 e. The van der Waals surface area contributed by atoms with E-state index in [0.29, 0.717) is 25.5 Å². The number of carbonyl (C=O) groups is 2. The third-order valence-electron chi connectivity index (χ3n) is 4.67. The second kappa shape index (κ2) is 7.52. The second-order valence-corrected chi connectivity index (χ2v) is 7.69. The molecule has 0 saturated carbocycles. The fourth-order valence-electron chi connectivity index (χ4n) is 3.21. The van der Waals surface area contributed by atoms with Gasteiger partial charge in [0.1, 0.15) is 11.9 Å². The van der Waals surface area contributed by atoms with Crippen LogP contribution in [0.2, 0.25) is 0 Å². The van der Waals surface area contributed by atoms with Crippen molar-refractivity contribution in [2.24, 2.45) is 5.41 Å². The summed E-state index contributed by atoms with van der Waals surface area (Å²) in [5.41, 5.74) is 1.56. The summed E-state index contributed by atoms with van der Waals surface area (Å²) in [7, 11) is 1.56. The Hall–Kier alpha value is -2.67. The van der Waals surface area contributed by atoms with Crippen LogP contribution in [0.15, 0.2) is 30.3 Å². The van der Waals surface area contributed by atoms with Gasteiger partial charge in [0.05, 0.1) is 18.9 Å². The number of imidazole rings is 1. The van der Waals surface area contributed by atoms with Gasteiger partial charge in [-0.25, -0.2) is 4.98 Å². The third-order valence-corrected chi connectivity index (χ3v) is 4.67. The number of aromatic nitrogens is 2. The zero-order chi connectivity index (χ0) is 19.6. The molecule has 3 rings (SSSR count). The molecule has 0 aliphatic carbocycles. The van der Waals surface area contributed by atoms with Crippen LogP contribution in [0.5, 0.6) is 0 Å². The molecule has 144 valence electrons. The van der Waals surface area contributed by atoms with E-state index in [-0.39, 0.29) is 11.8 Å². The van der Waals surface area contributed by atoms with Gasteiger partial charge in [-0.15, -0.1) is 0 Å². The van der Waals surface area contributed by atoms with E-state index in [0.717, 1.165) is 17.1 Å². The van der Waals surface area contributed by atoms with Crippen LogP contribution in [0.25, 0.3) is 11.4 Å². The lowest BCUT2D eigenvalue weighted by atomic mass is 9.86. The molecule has 0 saturated heterocycles. The molecule has 0 spiro atoms. The molecule has 2 amide bonds. The zero-order valence-electron chi connectivity index (χ0n) is 16.2. The maximum absolute atomic E-state index is 13.0. The largest absolute Gasteiger partial charge is 0.373 e. The summed E-state index contributed by atoms with van der Waals surface area (Å²) >= 11 is 0. The van der Waals surface area contributed by atoms with Gasteiger partial charge in [-0.2, -0.15) is 0 Å². The van der Waals surface area contributed by atoms with E-state index in [1.807, 2.05) is 55.7 Å². The molecule has 0 radical (unpaired) electrons. The van der Waals surface area contributed by atoms with E-state index in [1.165, 1.54) is 0 Å². The number of carbonyl (C=O) groups excluding carboxylic acids is 2. The fourth-order valence-corrected chi connectivity index (χ4v) is 3.21. The van der Waals surface area contributed by atoms with Crippen molar-refractivity contribution < 1.29 is 14.3 Å². The number of benzene rings is 1. The quantitative estimate of drug-likeness (QED) is 0.862. The van der Waals surface area contributed by atoms with Gasteiger partial charge in [-0.05, 0) is 5.41 Å². The topological polar surface area (TPSA) is 85.3 Å². The molecule has 1 aliphatic rings. The summed E-state index contributed by atoms with van der Waals surface area (Å²) in [5, 5.41) is 5.47. The van der Waals surface area contributed by atoms with Crippen molar-refractivity contribution >= 4 is 11.8 Å². The molecular weight excluding hydrogens is 344 g/mol. The number of nitrogens with zero attached hydrogens (tertiary/aromatic N) is 2. The average molecular weight is 370 g/mol. The summed E-state index contributed by atoms with van der Waals surface area (Å²) in [5.74, 6) is 0.143. The van der Waals surface area contributed by atoms with Crippen molar-refractivity contribution in [3.05, 3.63) is 41.7 Å². The Kier molecular flexibility index (Phi) is 5.32. The van der Waals surface area contributed by atoms with E-state index in [2.05, 4.69) is 15.6 Å². The first-order valence-electron chi connectivity index (χ1n) is 9.08. The van der Waals surface area contributed by atoms with Gasteiger partial charge in [0, 0.05) is 19.2 Å². The molecule has 1 atom stereocenters.